The normalized spacial score (nSPS) is 17.1. The van der Waals surface area contributed by atoms with E-state index in [0.717, 1.165) is 5.56 Å². The van der Waals surface area contributed by atoms with E-state index in [-0.39, 0.29) is 23.6 Å². The molecule has 3 atom stereocenters. The Balaban J connectivity index is 1.90. The summed E-state index contributed by atoms with van der Waals surface area (Å²) in [5.41, 5.74) is 1.22. The van der Waals surface area contributed by atoms with Crippen LogP contribution in [0, 0.1) is 5.92 Å². The van der Waals surface area contributed by atoms with Crippen LogP contribution >= 0.6 is 0 Å². The molecule has 3 amide bonds. The van der Waals surface area contributed by atoms with Gasteiger partial charge < -0.3 is 16.0 Å². The maximum atomic E-state index is 13.6. The van der Waals surface area contributed by atoms with Crippen molar-refractivity contribution in [3.8, 4) is 0 Å². The smallest absolute Gasteiger partial charge is 0.251 e. The van der Waals surface area contributed by atoms with Crippen molar-refractivity contribution < 1.29 is 14.4 Å². The Morgan fingerprint density at radius 3 is 2.52 bits per heavy atom. The number of carbonyl (C=O) groups is 3. The molecule has 1 aliphatic rings. The summed E-state index contributed by atoms with van der Waals surface area (Å²) < 4.78 is 0. The van der Waals surface area contributed by atoms with Crippen molar-refractivity contribution in [2.45, 2.75) is 45.3 Å². The van der Waals surface area contributed by atoms with E-state index in [4.69, 9.17) is 0 Å². The number of hydrogen-bond acceptors (Lipinski definition) is 7. The Labute approximate surface area is 180 Å². The lowest BCUT2D eigenvalue weighted by Gasteiger charge is -2.31. The number of fused-ring (bicyclic) bond motifs is 1. The molecule has 3 rings (SSSR count). The van der Waals surface area contributed by atoms with Gasteiger partial charge in [-0.2, -0.15) is 0 Å². The van der Waals surface area contributed by atoms with Gasteiger partial charge in [-0.15, -0.1) is 0 Å². The number of hydrogen-bond donors (Lipinski definition) is 3. The van der Waals surface area contributed by atoms with Crippen LogP contribution in [0.15, 0.2) is 37.1 Å². The summed E-state index contributed by atoms with van der Waals surface area (Å²) in [6.07, 6.45) is 6.22. The minimum atomic E-state index is -0.813. The van der Waals surface area contributed by atoms with Crippen LogP contribution in [0.1, 0.15) is 26.3 Å². The first-order valence-electron chi connectivity index (χ1n) is 10.1. The third kappa shape index (κ3) is 4.85. The van der Waals surface area contributed by atoms with Crippen LogP contribution in [-0.2, 0) is 20.8 Å². The molecule has 0 aliphatic carbocycles. The van der Waals surface area contributed by atoms with Crippen LogP contribution in [0.3, 0.4) is 0 Å². The Kier molecular flexibility index (Phi) is 6.91. The summed E-state index contributed by atoms with van der Waals surface area (Å²) in [5, 5.41) is 8.43. The molecule has 0 fully saturated rings. The third-order valence-electron chi connectivity index (χ3n) is 5.25. The number of rotatable bonds is 7. The molecular weight excluding hydrogens is 398 g/mol. The highest BCUT2D eigenvalue weighted by atomic mass is 16.2. The first-order valence-corrected chi connectivity index (χ1v) is 10.1. The minimum Gasteiger partial charge on any atom is -0.343 e. The summed E-state index contributed by atoms with van der Waals surface area (Å²) in [4.78, 5) is 52.7. The van der Waals surface area contributed by atoms with Gasteiger partial charge in [0.25, 0.3) is 5.91 Å². The summed E-state index contributed by atoms with van der Waals surface area (Å²) in [5.74, 6) is -0.817. The van der Waals surface area contributed by atoms with E-state index >= 15 is 0 Å². The maximum absolute atomic E-state index is 13.6. The number of nitrogens with zero attached hydrogens (tertiary/aromatic N) is 4. The Morgan fingerprint density at radius 2 is 1.87 bits per heavy atom. The second-order valence-corrected chi connectivity index (χ2v) is 7.77. The van der Waals surface area contributed by atoms with Gasteiger partial charge in [0.2, 0.25) is 11.8 Å². The predicted molar refractivity (Wildman–Crippen MR) is 115 cm³/mol. The number of anilines is 2. The van der Waals surface area contributed by atoms with Gasteiger partial charge >= 0.3 is 0 Å². The van der Waals surface area contributed by atoms with E-state index in [0.29, 0.717) is 17.9 Å². The SMILES string of the molecule is CN[C@@H](C)C(=O)N[C@H](C(=O)N1c2ncccc2C[C@H]1C(=O)Nc1cncnc1)C(C)C. The molecule has 3 heterocycles. The topological polar surface area (TPSA) is 129 Å². The van der Waals surface area contributed by atoms with E-state index in [1.807, 2.05) is 19.9 Å². The maximum Gasteiger partial charge on any atom is 0.251 e. The molecule has 3 N–H and O–H groups in total. The fraction of sp³-hybridized carbons (Fsp3) is 0.429. The van der Waals surface area contributed by atoms with Crippen LogP contribution < -0.4 is 20.9 Å². The lowest BCUT2D eigenvalue weighted by Crippen LogP contribution is -2.57. The fourth-order valence-corrected chi connectivity index (χ4v) is 3.38. The molecule has 0 saturated carbocycles. The zero-order chi connectivity index (χ0) is 22.5. The summed E-state index contributed by atoms with van der Waals surface area (Å²) in [7, 11) is 1.67. The van der Waals surface area contributed by atoms with Crippen molar-refractivity contribution in [2.75, 3.05) is 17.3 Å². The lowest BCUT2D eigenvalue weighted by molar-refractivity contribution is -0.130. The van der Waals surface area contributed by atoms with Gasteiger partial charge in [0.05, 0.1) is 24.1 Å². The monoisotopic (exact) mass is 425 g/mol. The van der Waals surface area contributed by atoms with Crippen molar-refractivity contribution in [2.24, 2.45) is 5.92 Å². The number of pyridine rings is 1. The average Bonchev–Trinajstić information content (AvgIpc) is 3.16. The van der Waals surface area contributed by atoms with Gasteiger partial charge in [0, 0.05) is 12.6 Å². The first kappa shape index (κ1) is 22.3. The van der Waals surface area contributed by atoms with Crippen LogP contribution in [0.2, 0.25) is 0 Å². The minimum absolute atomic E-state index is 0.195. The summed E-state index contributed by atoms with van der Waals surface area (Å²) in [6.45, 7) is 5.40. The Morgan fingerprint density at radius 1 is 1.16 bits per heavy atom. The van der Waals surface area contributed by atoms with Gasteiger partial charge in [-0.3, -0.25) is 19.3 Å². The number of nitrogens with one attached hydrogen (secondary N) is 3. The fourth-order valence-electron chi connectivity index (χ4n) is 3.38. The molecule has 1 aliphatic heterocycles. The molecule has 0 bridgehead atoms. The summed E-state index contributed by atoms with van der Waals surface area (Å²) in [6, 6.07) is 1.52. The van der Waals surface area contributed by atoms with Crippen molar-refractivity contribution in [1.29, 1.82) is 0 Å². The molecule has 2 aromatic heterocycles. The molecule has 10 nitrogen and oxygen atoms in total. The number of carbonyl (C=O) groups excluding carboxylic acids is 3. The second-order valence-electron chi connectivity index (χ2n) is 7.77. The second kappa shape index (κ2) is 9.61. The molecule has 0 spiro atoms. The first-order chi connectivity index (χ1) is 14.8. The van der Waals surface area contributed by atoms with Gasteiger partial charge in [-0.1, -0.05) is 19.9 Å². The quantitative estimate of drug-likeness (QED) is 0.590. The highest BCUT2D eigenvalue weighted by Crippen LogP contribution is 2.31. The molecule has 0 saturated heterocycles. The molecule has 0 unspecified atom stereocenters. The zero-order valence-corrected chi connectivity index (χ0v) is 18.0. The zero-order valence-electron chi connectivity index (χ0n) is 18.0. The molecular formula is C21H27N7O3. The van der Waals surface area contributed by atoms with E-state index < -0.39 is 18.1 Å². The van der Waals surface area contributed by atoms with Gasteiger partial charge in [-0.25, -0.2) is 15.0 Å². The highest BCUT2D eigenvalue weighted by Gasteiger charge is 2.43. The third-order valence-corrected chi connectivity index (χ3v) is 5.25. The van der Waals surface area contributed by atoms with Crippen LogP contribution in [-0.4, -0.2) is 57.8 Å². The highest BCUT2D eigenvalue weighted by molar-refractivity contribution is 6.09. The van der Waals surface area contributed by atoms with Crippen molar-refractivity contribution in [3.05, 3.63) is 42.6 Å². The summed E-state index contributed by atoms with van der Waals surface area (Å²) >= 11 is 0. The standard InChI is InChI=1S/C21H27N7O3/c1-12(2)17(27-19(29)13(3)22-4)21(31)28-16(8-14-6-5-7-25-18(14)28)20(30)26-15-9-23-11-24-10-15/h5-7,9-13,16-17,22H,8H2,1-4H3,(H,26,30)(H,27,29)/t13-,16-,17-/m0/s1. The average molecular weight is 425 g/mol. The van der Waals surface area contributed by atoms with Crippen LogP contribution in [0.4, 0.5) is 11.5 Å². The van der Waals surface area contributed by atoms with E-state index in [2.05, 4.69) is 30.9 Å². The van der Waals surface area contributed by atoms with Gasteiger partial charge in [0.15, 0.2) is 0 Å². The molecule has 2 aromatic rings. The molecule has 0 aromatic carbocycles. The Bertz CT molecular complexity index is 951. The van der Waals surface area contributed by atoms with Crippen molar-refractivity contribution in [3.63, 3.8) is 0 Å². The largest absolute Gasteiger partial charge is 0.343 e. The number of aromatic nitrogens is 3. The van der Waals surface area contributed by atoms with Gasteiger partial charge in [-0.05, 0) is 31.5 Å². The van der Waals surface area contributed by atoms with E-state index in [9.17, 15) is 14.4 Å². The number of amides is 3. The molecule has 164 valence electrons. The van der Waals surface area contributed by atoms with Crippen LogP contribution in [0.5, 0.6) is 0 Å². The van der Waals surface area contributed by atoms with Crippen molar-refractivity contribution in [1.82, 2.24) is 25.6 Å². The van der Waals surface area contributed by atoms with Crippen LogP contribution in [0.25, 0.3) is 0 Å². The van der Waals surface area contributed by atoms with Crippen molar-refractivity contribution >= 4 is 29.2 Å². The van der Waals surface area contributed by atoms with E-state index in [1.165, 1.54) is 23.6 Å². The molecule has 0 radical (unpaired) electrons. The predicted octanol–water partition coefficient (Wildman–Crippen LogP) is 0.517. The molecule has 31 heavy (non-hydrogen) atoms. The molecule has 10 heteroatoms. The lowest BCUT2D eigenvalue weighted by atomic mass is 10.0. The van der Waals surface area contributed by atoms with Gasteiger partial charge in [0.1, 0.15) is 24.2 Å². The van der Waals surface area contributed by atoms with E-state index in [1.54, 1.807) is 26.2 Å². The Hall–Kier alpha value is -3.40. The number of likely N-dealkylation sites (N-methyl/N-ethyl adjacent to an activating group) is 1.